The van der Waals surface area contributed by atoms with Gasteiger partial charge in [0.25, 0.3) is 5.91 Å². The Morgan fingerprint density at radius 2 is 2.35 bits per heavy atom. The molecule has 1 aromatic rings. The van der Waals surface area contributed by atoms with Crippen molar-refractivity contribution >= 4 is 40.1 Å². The zero-order valence-electron chi connectivity index (χ0n) is 9.21. The molecule has 0 atom stereocenters. The number of rotatable bonds is 6. The first kappa shape index (κ1) is 14.3. The summed E-state index contributed by atoms with van der Waals surface area (Å²) < 4.78 is 5.88. The molecule has 0 aliphatic rings. The second-order valence-corrected chi connectivity index (χ2v) is 4.85. The number of hydrogen-bond donors (Lipinski definition) is 1. The van der Waals surface area contributed by atoms with Gasteiger partial charge >= 0.3 is 0 Å². The molecular formula is C12H13ClINO2. The topological polar surface area (TPSA) is 38.3 Å². The molecule has 0 unspecified atom stereocenters. The average molecular weight is 366 g/mol. The van der Waals surface area contributed by atoms with Gasteiger partial charge in [-0.1, -0.05) is 18.2 Å². The standard InChI is InChI=1S/C12H13ClINO2/c1-2-17-7-3-6-15-12(16)9-4-5-11(14)10(13)8-9/h2,4-5,8H,1,3,6-7H2,(H,15,16). The number of benzene rings is 1. The molecule has 5 heteroatoms. The summed E-state index contributed by atoms with van der Waals surface area (Å²) in [6.45, 7) is 4.55. The molecule has 0 bridgehead atoms. The number of ether oxygens (including phenoxy) is 1. The lowest BCUT2D eigenvalue weighted by molar-refractivity contribution is 0.0950. The summed E-state index contributed by atoms with van der Waals surface area (Å²) in [5, 5.41) is 3.38. The highest BCUT2D eigenvalue weighted by atomic mass is 127. The number of halogens is 2. The molecule has 1 amide bonds. The highest BCUT2D eigenvalue weighted by Gasteiger charge is 2.06. The molecule has 0 aromatic heterocycles. The average Bonchev–Trinajstić information content (AvgIpc) is 2.32. The van der Waals surface area contributed by atoms with E-state index in [9.17, 15) is 4.79 Å². The lowest BCUT2D eigenvalue weighted by Crippen LogP contribution is -2.25. The van der Waals surface area contributed by atoms with Crippen molar-refractivity contribution in [2.75, 3.05) is 13.2 Å². The Morgan fingerprint density at radius 1 is 1.59 bits per heavy atom. The largest absolute Gasteiger partial charge is 0.502 e. The smallest absolute Gasteiger partial charge is 0.251 e. The Balaban J connectivity index is 2.41. The van der Waals surface area contributed by atoms with Crippen LogP contribution in [0, 0.1) is 3.57 Å². The summed E-state index contributed by atoms with van der Waals surface area (Å²) >= 11 is 8.06. The van der Waals surface area contributed by atoms with Crippen molar-refractivity contribution < 1.29 is 9.53 Å². The Bertz CT molecular complexity index is 409. The number of nitrogens with one attached hydrogen (secondary N) is 1. The van der Waals surface area contributed by atoms with E-state index in [1.54, 1.807) is 12.1 Å². The van der Waals surface area contributed by atoms with E-state index in [1.165, 1.54) is 6.26 Å². The van der Waals surface area contributed by atoms with E-state index in [4.69, 9.17) is 16.3 Å². The second-order valence-electron chi connectivity index (χ2n) is 3.28. The molecule has 1 N–H and O–H groups in total. The van der Waals surface area contributed by atoms with Crippen LogP contribution in [-0.2, 0) is 4.74 Å². The summed E-state index contributed by atoms with van der Waals surface area (Å²) in [4.78, 5) is 11.7. The van der Waals surface area contributed by atoms with E-state index in [0.717, 1.165) is 9.99 Å². The predicted molar refractivity (Wildman–Crippen MR) is 77.3 cm³/mol. The number of carbonyl (C=O) groups excluding carboxylic acids is 1. The summed E-state index contributed by atoms with van der Waals surface area (Å²) in [5.74, 6) is -0.123. The Hall–Kier alpha value is -0.750. The molecule has 0 fully saturated rings. The van der Waals surface area contributed by atoms with Gasteiger partial charge in [-0.2, -0.15) is 0 Å². The fraction of sp³-hybridized carbons (Fsp3) is 0.250. The monoisotopic (exact) mass is 365 g/mol. The molecule has 0 saturated carbocycles. The second kappa shape index (κ2) is 7.55. The summed E-state index contributed by atoms with van der Waals surface area (Å²) in [5.41, 5.74) is 0.569. The van der Waals surface area contributed by atoms with E-state index in [1.807, 2.05) is 6.07 Å². The Labute approximate surface area is 119 Å². The Kier molecular flexibility index (Phi) is 6.36. The first-order valence-electron chi connectivity index (χ1n) is 5.11. The summed E-state index contributed by atoms with van der Waals surface area (Å²) in [6, 6.07) is 5.24. The molecule has 0 radical (unpaired) electrons. The molecule has 92 valence electrons. The van der Waals surface area contributed by atoms with Crippen LogP contribution in [0.2, 0.25) is 5.02 Å². The molecule has 0 saturated heterocycles. The van der Waals surface area contributed by atoms with Crippen LogP contribution in [-0.4, -0.2) is 19.1 Å². The molecule has 0 heterocycles. The first-order chi connectivity index (χ1) is 8.15. The van der Waals surface area contributed by atoms with Gasteiger partial charge in [0, 0.05) is 15.7 Å². The maximum atomic E-state index is 11.7. The van der Waals surface area contributed by atoms with Crippen molar-refractivity contribution in [1.29, 1.82) is 0 Å². The maximum Gasteiger partial charge on any atom is 0.251 e. The van der Waals surface area contributed by atoms with Crippen LogP contribution in [0.1, 0.15) is 16.8 Å². The van der Waals surface area contributed by atoms with Crippen LogP contribution in [0.5, 0.6) is 0 Å². The SMILES string of the molecule is C=COCCCNC(=O)c1ccc(I)c(Cl)c1. The van der Waals surface area contributed by atoms with Crippen LogP contribution in [0.3, 0.4) is 0 Å². The fourth-order valence-electron chi connectivity index (χ4n) is 1.18. The van der Waals surface area contributed by atoms with Crippen LogP contribution >= 0.6 is 34.2 Å². The molecule has 1 rings (SSSR count). The molecule has 0 aliphatic carbocycles. The highest BCUT2D eigenvalue weighted by molar-refractivity contribution is 14.1. The van der Waals surface area contributed by atoms with Gasteiger partial charge in [-0.3, -0.25) is 4.79 Å². The van der Waals surface area contributed by atoms with E-state index < -0.39 is 0 Å². The van der Waals surface area contributed by atoms with E-state index in [2.05, 4.69) is 34.5 Å². The minimum absolute atomic E-state index is 0.123. The van der Waals surface area contributed by atoms with Crippen molar-refractivity contribution in [3.05, 3.63) is 45.2 Å². The van der Waals surface area contributed by atoms with E-state index in [0.29, 0.717) is 23.7 Å². The van der Waals surface area contributed by atoms with Gasteiger partial charge < -0.3 is 10.1 Å². The lowest BCUT2D eigenvalue weighted by atomic mass is 10.2. The summed E-state index contributed by atoms with van der Waals surface area (Å²) in [6.07, 6.45) is 2.14. The predicted octanol–water partition coefficient (Wildman–Crippen LogP) is 3.22. The third-order valence-electron chi connectivity index (χ3n) is 2.02. The number of carbonyl (C=O) groups is 1. The van der Waals surface area contributed by atoms with E-state index >= 15 is 0 Å². The Morgan fingerprint density at radius 3 is 3.00 bits per heavy atom. The van der Waals surface area contributed by atoms with Crippen molar-refractivity contribution in [1.82, 2.24) is 5.32 Å². The van der Waals surface area contributed by atoms with Gasteiger partial charge in [-0.15, -0.1) is 0 Å². The van der Waals surface area contributed by atoms with Gasteiger partial charge in [0.05, 0.1) is 17.9 Å². The van der Waals surface area contributed by atoms with Crippen molar-refractivity contribution in [3.63, 3.8) is 0 Å². The van der Waals surface area contributed by atoms with Crippen LogP contribution in [0.25, 0.3) is 0 Å². The molecule has 1 aromatic carbocycles. The van der Waals surface area contributed by atoms with Crippen LogP contribution < -0.4 is 5.32 Å². The van der Waals surface area contributed by atoms with Gasteiger partial charge in [0.2, 0.25) is 0 Å². The van der Waals surface area contributed by atoms with Crippen LogP contribution in [0.4, 0.5) is 0 Å². The van der Waals surface area contributed by atoms with Crippen molar-refractivity contribution in [3.8, 4) is 0 Å². The zero-order chi connectivity index (χ0) is 12.7. The van der Waals surface area contributed by atoms with Gasteiger partial charge in [-0.05, 0) is 47.2 Å². The lowest BCUT2D eigenvalue weighted by Gasteiger charge is -2.06. The van der Waals surface area contributed by atoms with Crippen LogP contribution in [0.15, 0.2) is 31.0 Å². The maximum absolute atomic E-state index is 11.7. The fourth-order valence-corrected chi connectivity index (χ4v) is 1.70. The van der Waals surface area contributed by atoms with Crippen molar-refractivity contribution in [2.24, 2.45) is 0 Å². The van der Waals surface area contributed by atoms with Gasteiger partial charge in [0.1, 0.15) is 0 Å². The highest BCUT2D eigenvalue weighted by Crippen LogP contribution is 2.19. The van der Waals surface area contributed by atoms with Gasteiger partial charge in [0.15, 0.2) is 0 Å². The molecule has 0 spiro atoms. The molecule has 0 aliphatic heterocycles. The minimum atomic E-state index is -0.123. The normalized spacial score (nSPS) is 9.76. The minimum Gasteiger partial charge on any atom is -0.502 e. The summed E-state index contributed by atoms with van der Waals surface area (Å²) in [7, 11) is 0. The quantitative estimate of drug-likeness (QED) is 0.477. The number of hydrogen-bond acceptors (Lipinski definition) is 2. The zero-order valence-corrected chi connectivity index (χ0v) is 12.1. The molecule has 3 nitrogen and oxygen atoms in total. The van der Waals surface area contributed by atoms with Crippen molar-refractivity contribution in [2.45, 2.75) is 6.42 Å². The van der Waals surface area contributed by atoms with Gasteiger partial charge in [-0.25, -0.2) is 0 Å². The first-order valence-corrected chi connectivity index (χ1v) is 6.56. The molecular weight excluding hydrogens is 352 g/mol. The third kappa shape index (κ3) is 4.95. The van der Waals surface area contributed by atoms with E-state index in [-0.39, 0.29) is 5.91 Å². The number of amides is 1. The molecule has 17 heavy (non-hydrogen) atoms. The third-order valence-corrected chi connectivity index (χ3v) is 3.60.